The number of hydrogen-bond acceptors (Lipinski definition) is 5. The van der Waals surface area contributed by atoms with Crippen LogP contribution < -0.4 is 14.4 Å². The number of nitrogens with one attached hydrogen (secondary N) is 1. The van der Waals surface area contributed by atoms with Gasteiger partial charge in [0, 0.05) is 24.5 Å². The average molecular weight is 399 g/mol. The normalized spacial score (nSPS) is 11.2. The molecule has 0 spiro atoms. The van der Waals surface area contributed by atoms with Gasteiger partial charge in [-0.25, -0.2) is 8.42 Å². The molecule has 0 fully saturated rings. The quantitative estimate of drug-likeness (QED) is 0.660. The molecule has 3 rings (SSSR count). The molecule has 0 unspecified atom stereocenters. The van der Waals surface area contributed by atoms with E-state index in [4.69, 9.17) is 4.74 Å². The second-order valence-electron chi connectivity index (χ2n) is 6.19. The molecule has 28 heavy (non-hydrogen) atoms. The van der Waals surface area contributed by atoms with Gasteiger partial charge in [0.1, 0.15) is 5.75 Å². The minimum Gasteiger partial charge on any atom is -0.495 e. The number of hydrogen-bond donors (Lipinski definition) is 1. The van der Waals surface area contributed by atoms with Crippen molar-refractivity contribution in [3.63, 3.8) is 0 Å². The predicted molar refractivity (Wildman–Crippen MR) is 110 cm³/mol. The van der Waals surface area contributed by atoms with Gasteiger partial charge in [-0.05, 0) is 24.3 Å². The molecular weight excluding hydrogens is 378 g/mol. The standard InChI is InChI=1S/C20H21N3O4S/c1-27-18-11-4-3-10-17(18)23(28(2,25)26)14-12-19(24)22-16-9-5-7-15-8-6-13-21-20(15)16/h3-11,13H,12,14H2,1-2H3,(H,22,24). The van der Waals surface area contributed by atoms with Crippen LogP contribution in [0, 0.1) is 0 Å². The Morgan fingerprint density at radius 2 is 1.86 bits per heavy atom. The topological polar surface area (TPSA) is 88.6 Å². The molecule has 0 saturated carbocycles. The van der Waals surface area contributed by atoms with Crippen molar-refractivity contribution in [1.29, 1.82) is 0 Å². The third-order valence-electron chi connectivity index (χ3n) is 4.20. The lowest BCUT2D eigenvalue weighted by Gasteiger charge is -2.24. The van der Waals surface area contributed by atoms with E-state index in [-0.39, 0.29) is 18.9 Å². The Balaban J connectivity index is 1.77. The highest BCUT2D eigenvalue weighted by atomic mass is 32.2. The number of benzene rings is 2. The van der Waals surface area contributed by atoms with E-state index in [9.17, 15) is 13.2 Å². The first-order chi connectivity index (χ1) is 13.4. The molecule has 0 aliphatic carbocycles. The van der Waals surface area contributed by atoms with Gasteiger partial charge < -0.3 is 10.1 Å². The van der Waals surface area contributed by atoms with Crippen LogP contribution in [0.3, 0.4) is 0 Å². The minimum absolute atomic E-state index is 0.0107. The van der Waals surface area contributed by atoms with E-state index >= 15 is 0 Å². The van der Waals surface area contributed by atoms with Gasteiger partial charge >= 0.3 is 0 Å². The van der Waals surface area contributed by atoms with Gasteiger partial charge in [0.15, 0.2) is 0 Å². The Morgan fingerprint density at radius 3 is 2.61 bits per heavy atom. The summed E-state index contributed by atoms with van der Waals surface area (Å²) in [6.45, 7) is -0.0107. The smallest absolute Gasteiger partial charge is 0.232 e. The molecule has 1 N–H and O–H groups in total. The highest BCUT2D eigenvalue weighted by Crippen LogP contribution is 2.29. The predicted octanol–water partition coefficient (Wildman–Crippen LogP) is 3.04. The Bertz CT molecular complexity index is 1090. The van der Waals surface area contributed by atoms with Crippen LogP contribution in [0.4, 0.5) is 11.4 Å². The summed E-state index contributed by atoms with van der Waals surface area (Å²) in [5.74, 6) is 0.119. The van der Waals surface area contributed by atoms with Crippen LogP contribution in [0.1, 0.15) is 6.42 Å². The molecule has 0 aliphatic rings. The summed E-state index contributed by atoms with van der Waals surface area (Å²) in [4.78, 5) is 16.8. The van der Waals surface area contributed by atoms with Crippen molar-refractivity contribution in [2.24, 2.45) is 0 Å². The van der Waals surface area contributed by atoms with Crippen LogP contribution in [0.25, 0.3) is 10.9 Å². The van der Waals surface area contributed by atoms with E-state index < -0.39 is 10.0 Å². The van der Waals surface area contributed by atoms with Crippen molar-refractivity contribution in [3.05, 3.63) is 60.8 Å². The second kappa shape index (κ2) is 8.26. The molecule has 7 nitrogen and oxygen atoms in total. The number of para-hydroxylation sites is 3. The summed E-state index contributed by atoms with van der Waals surface area (Å²) in [5.41, 5.74) is 1.67. The average Bonchev–Trinajstić information content (AvgIpc) is 2.68. The molecule has 0 radical (unpaired) electrons. The summed E-state index contributed by atoms with van der Waals surface area (Å²) in [5, 5.41) is 3.73. The summed E-state index contributed by atoms with van der Waals surface area (Å²) in [7, 11) is -2.12. The zero-order valence-electron chi connectivity index (χ0n) is 15.6. The third kappa shape index (κ3) is 4.40. The van der Waals surface area contributed by atoms with E-state index in [0.29, 0.717) is 22.6 Å². The van der Waals surface area contributed by atoms with E-state index in [0.717, 1.165) is 11.6 Å². The van der Waals surface area contributed by atoms with Crippen LogP contribution in [0.15, 0.2) is 60.8 Å². The van der Waals surface area contributed by atoms with Gasteiger partial charge in [-0.1, -0.05) is 30.3 Å². The number of fused-ring (bicyclic) bond motifs is 1. The number of anilines is 2. The highest BCUT2D eigenvalue weighted by molar-refractivity contribution is 7.92. The lowest BCUT2D eigenvalue weighted by molar-refractivity contribution is -0.116. The number of carbonyl (C=O) groups is 1. The number of rotatable bonds is 7. The lowest BCUT2D eigenvalue weighted by Crippen LogP contribution is -2.33. The molecule has 2 aromatic carbocycles. The Labute approximate surface area is 164 Å². The molecule has 3 aromatic rings. The zero-order chi connectivity index (χ0) is 20.1. The van der Waals surface area contributed by atoms with Gasteiger partial charge in [0.25, 0.3) is 0 Å². The number of pyridine rings is 1. The summed E-state index contributed by atoms with van der Waals surface area (Å²) in [6.07, 6.45) is 2.74. The molecule has 0 atom stereocenters. The molecule has 0 saturated heterocycles. The van der Waals surface area contributed by atoms with Gasteiger partial charge in [-0.2, -0.15) is 0 Å². The number of nitrogens with zero attached hydrogens (tertiary/aromatic N) is 2. The third-order valence-corrected chi connectivity index (χ3v) is 5.38. The van der Waals surface area contributed by atoms with Crippen LogP contribution in [-0.4, -0.2) is 39.2 Å². The maximum Gasteiger partial charge on any atom is 0.232 e. The number of methoxy groups -OCH3 is 1. The van der Waals surface area contributed by atoms with Crippen molar-refractivity contribution in [2.75, 3.05) is 29.5 Å². The molecule has 0 aliphatic heterocycles. The van der Waals surface area contributed by atoms with E-state index in [2.05, 4.69) is 10.3 Å². The van der Waals surface area contributed by atoms with Crippen LogP contribution in [0.5, 0.6) is 5.75 Å². The molecule has 8 heteroatoms. The van der Waals surface area contributed by atoms with E-state index in [1.807, 2.05) is 24.3 Å². The Hall–Kier alpha value is -3.13. The van der Waals surface area contributed by atoms with Gasteiger partial charge in [-0.15, -0.1) is 0 Å². The first-order valence-corrected chi connectivity index (χ1v) is 10.5. The van der Waals surface area contributed by atoms with Gasteiger partial charge in [0.2, 0.25) is 15.9 Å². The fourth-order valence-electron chi connectivity index (χ4n) is 2.92. The number of ether oxygens (including phenoxy) is 1. The van der Waals surface area contributed by atoms with Gasteiger partial charge in [0.05, 0.1) is 30.3 Å². The first kappa shape index (κ1) is 19.6. The molecule has 1 aromatic heterocycles. The highest BCUT2D eigenvalue weighted by Gasteiger charge is 2.22. The fraction of sp³-hybridized carbons (Fsp3) is 0.200. The number of aromatic nitrogens is 1. The van der Waals surface area contributed by atoms with E-state index in [1.54, 1.807) is 36.5 Å². The summed E-state index contributed by atoms with van der Waals surface area (Å²) < 4.78 is 31.0. The first-order valence-electron chi connectivity index (χ1n) is 8.64. The van der Waals surface area contributed by atoms with Crippen LogP contribution in [0.2, 0.25) is 0 Å². The molecule has 1 amide bonds. The lowest BCUT2D eigenvalue weighted by atomic mass is 10.2. The van der Waals surface area contributed by atoms with Gasteiger partial charge in [-0.3, -0.25) is 14.1 Å². The van der Waals surface area contributed by atoms with Crippen molar-refractivity contribution < 1.29 is 17.9 Å². The fourth-order valence-corrected chi connectivity index (χ4v) is 3.85. The summed E-state index contributed by atoms with van der Waals surface area (Å²) in [6, 6.07) is 16.0. The number of carbonyl (C=O) groups excluding carboxylic acids is 1. The SMILES string of the molecule is COc1ccccc1N(CCC(=O)Nc1cccc2cccnc12)S(C)(=O)=O. The Morgan fingerprint density at radius 1 is 1.11 bits per heavy atom. The molecule has 146 valence electrons. The van der Waals surface area contributed by atoms with Crippen LogP contribution >= 0.6 is 0 Å². The molecule has 0 bridgehead atoms. The van der Waals surface area contributed by atoms with Crippen molar-refractivity contribution in [3.8, 4) is 5.75 Å². The van der Waals surface area contributed by atoms with Crippen molar-refractivity contribution in [1.82, 2.24) is 4.98 Å². The minimum atomic E-state index is -3.59. The maximum atomic E-state index is 12.5. The monoisotopic (exact) mass is 399 g/mol. The van der Waals surface area contributed by atoms with Crippen LogP contribution in [-0.2, 0) is 14.8 Å². The van der Waals surface area contributed by atoms with Crippen molar-refractivity contribution in [2.45, 2.75) is 6.42 Å². The number of amides is 1. The maximum absolute atomic E-state index is 12.5. The second-order valence-corrected chi connectivity index (χ2v) is 8.09. The zero-order valence-corrected chi connectivity index (χ0v) is 16.4. The molecule has 1 heterocycles. The summed E-state index contributed by atoms with van der Waals surface area (Å²) >= 11 is 0. The number of sulfonamides is 1. The van der Waals surface area contributed by atoms with E-state index in [1.165, 1.54) is 11.4 Å². The Kier molecular flexibility index (Phi) is 5.79. The molecular formula is C20H21N3O4S. The van der Waals surface area contributed by atoms with Crippen molar-refractivity contribution >= 4 is 38.2 Å². The largest absolute Gasteiger partial charge is 0.495 e.